The number of imidazole rings is 1. The van der Waals surface area contributed by atoms with Crippen LogP contribution in [-0.2, 0) is 11.3 Å². The summed E-state index contributed by atoms with van der Waals surface area (Å²) < 4.78 is 7.06. The number of ether oxygens (including phenoxy) is 1. The molecule has 0 bridgehead atoms. The summed E-state index contributed by atoms with van der Waals surface area (Å²) in [6, 6.07) is 7.49. The van der Waals surface area contributed by atoms with E-state index in [0.29, 0.717) is 38.1 Å². The number of methoxy groups -OCH3 is 1. The number of carbonyl (C=O) groups excluding carboxylic acids is 1. The third kappa shape index (κ3) is 3.66. The van der Waals surface area contributed by atoms with Crippen molar-refractivity contribution in [1.29, 1.82) is 0 Å². The van der Waals surface area contributed by atoms with Crippen molar-refractivity contribution >= 4 is 5.91 Å². The predicted octanol–water partition coefficient (Wildman–Crippen LogP) is 1.87. The topological polar surface area (TPSA) is 67.6 Å². The minimum absolute atomic E-state index is 0.00596. The minimum Gasteiger partial charge on any atom is -0.391 e. The molecule has 0 saturated carbocycles. The number of benzene rings is 1. The van der Waals surface area contributed by atoms with Crippen LogP contribution in [0.25, 0.3) is 0 Å². The lowest BCUT2D eigenvalue weighted by Gasteiger charge is -2.21. The van der Waals surface area contributed by atoms with E-state index in [9.17, 15) is 9.90 Å². The minimum atomic E-state index is -0.475. The number of likely N-dealkylation sites (tertiary alicyclic amines) is 1. The van der Waals surface area contributed by atoms with E-state index >= 15 is 0 Å². The quantitative estimate of drug-likeness (QED) is 0.930. The van der Waals surface area contributed by atoms with Gasteiger partial charge < -0.3 is 19.3 Å². The Labute approximate surface area is 141 Å². The summed E-state index contributed by atoms with van der Waals surface area (Å²) in [7, 11) is 1.64. The fourth-order valence-electron chi connectivity index (χ4n) is 3.23. The number of carbonyl (C=O) groups is 1. The molecular weight excluding hydrogens is 306 g/mol. The molecule has 2 heterocycles. The van der Waals surface area contributed by atoms with E-state index in [1.54, 1.807) is 19.6 Å². The summed E-state index contributed by atoms with van der Waals surface area (Å²) in [6.45, 7) is 1.66. The Morgan fingerprint density at radius 1 is 1.38 bits per heavy atom. The molecule has 1 N–H and O–H groups in total. The molecule has 0 radical (unpaired) electrons. The number of amides is 1. The van der Waals surface area contributed by atoms with Crippen LogP contribution >= 0.6 is 0 Å². The van der Waals surface area contributed by atoms with Gasteiger partial charge in [0.2, 0.25) is 0 Å². The zero-order chi connectivity index (χ0) is 16.9. The fraction of sp³-hybridized carbons (Fsp3) is 0.444. The smallest absolute Gasteiger partial charge is 0.253 e. The van der Waals surface area contributed by atoms with Crippen molar-refractivity contribution < 1.29 is 14.6 Å². The van der Waals surface area contributed by atoms with Crippen LogP contribution in [0.5, 0.6) is 0 Å². The van der Waals surface area contributed by atoms with Crippen LogP contribution < -0.4 is 0 Å². The van der Waals surface area contributed by atoms with E-state index in [-0.39, 0.29) is 11.9 Å². The first-order valence-corrected chi connectivity index (χ1v) is 8.21. The maximum atomic E-state index is 12.8. The molecule has 1 aromatic carbocycles. The first-order valence-electron chi connectivity index (χ1n) is 8.21. The van der Waals surface area contributed by atoms with Crippen molar-refractivity contribution in [1.82, 2.24) is 14.5 Å². The van der Waals surface area contributed by atoms with Gasteiger partial charge in [-0.1, -0.05) is 12.1 Å². The van der Waals surface area contributed by atoms with Gasteiger partial charge in [-0.05, 0) is 30.5 Å². The molecule has 0 unspecified atom stereocenters. The number of rotatable bonds is 4. The molecule has 3 rings (SSSR count). The molecule has 128 valence electrons. The molecule has 2 aromatic rings. The average Bonchev–Trinajstić information content (AvgIpc) is 3.05. The Kier molecular flexibility index (Phi) is 5.27. The van der Waals surface area contributed by atoms with E-state index in [4.69, 9.17) is 4.74 Å². The molecule has 24 heavy (non-hydrogen) atoms. The van der Waals surface area contributed by atoms with Gasteiger partial charge in [0.05, 0.1) is 25.1 Å². The van der Waals surface area contributed by atoms with Crippen molar-refractivity contribution in [3.05, 3.63) is 54.1 Å². The molecule has 1 saturated heterocycles. The van der Waals surface area contributed by atoms with Gasteiger partial charge >= 0.3 is 0 Å². The van der Waals surface area contributed by atoms with Gasteiger partial charge in [-0.25, -0.2) is 4.98 Å². The molecule has 6 nitrogen and oxygen atoms in total. The van der Waals surface area contributed by atoms with Crippen LogP contribution in [0, 0.1) is 0 Å². The second kappa shape index (κ2) is 7.59. The highest BCUT2D eigenvalue weighted by Crippen LogP contribution is 2.24. The third-order valence-electron chi connectivity index (χ3n) is 4.51. The van der Waals surface area contributed by atoms with Crippen LogP contribution in [0.2, 0.25) is 0 Å². The molecule has 6 heteroatoms. The molecule has 1 amide bonds. The van der Waals surface area contributed by atoms with Gasteiger partial charge in [-0.2, -0.15) is 0 Å². The van der Waals surface area contributed by atoms with E-state index in [0.717, 1.165) is 5.56 Å². The van der Waals surface area contributed by atoms with Crippen molar-refractivity contribution in [2.45, 2.75) is 31.6 Å². The Hall–Kier alpha value is -2.18. The van der Waals surface area contributed by atoms with Gasteiger partial charge in [-0.3, -0.25) is 4.79 Å². The van der Waals surface area contributed by atoms with E-state index in [2.05, 4.69) is 4.98 Å². The summed E-state index contributed by atoms with van der Waals surface area (Å²) in [5, 5.41) is 10.4. The Morgan fingerprint density at radius 2 is 2.21 bits per heavy atom. The summed E-state index contributed by atoms with van der Waals surface area (Å²) >= 11 is 0. The standard InChI is InChI=1S/C18H23N3O3/c1-24-12-14-3-2-4-15(11-14)18(23)20-8-5-16(17(22)6-9-20)21-10-7-19-13-21/h2-4,7,10-11,13,16-17,22H,5-6,8-9,12H2,1H3/t16-,17-/m0/s1. The lowest BCUT2D eigenvalue weighted by atomic mass is 10.1. The fourth-order valence-corrected chi connectivity index (χ4v) is 3.23. The van der Waals surface area contributed by atoms with Crippen molar-refractivity contribution in [3.63, 3.8) is 0 Å². The first-order chi connectivity index (χ1) is 11.7. The van der Waals surface area contributed by atoms with Gasteiger partial charge in [0, 0.05) is 38.2 Å². The average molecular weight is 329 g/mol. The Bertz CT molecular complexity index is 672. The van der Waals surface area contributed by atoms with Gasteiger partial charge in [0.1, 0.15) is 0 Å². The normalized spacial score (nSPS) is 21.5. The van der Waals surface area contributed by atoms with Crippen molar-refractivity contribution in [3.8, 4) is 0 Å². The molecule has 2 atom stereocenters. The van der Waals surface area contributed by atoms with E-state index in [1.807, 2.05) is 39.9 Å². The Balaban J connectivity index is 1.71. The Morgan fingerprint density at radius 3 is 2.96 bits per heavy atom. The summed E-state index contributed by atoms with van der Waals surface area (Å²) in [5.74, 6) is 0.00596. The second-order valence-corrected chi connectivity index (χ2v) is 6.15. The highest BCUT2D eigenvalue weighted by atomic mass is 16.5. The number of aromatic nitrogens is 2. The van der Waals surface area contributed by atoms with Crippen LogP contribution in [0.3, 0.4) is 0 Å². The lowest BCUT2D eigenvalue weighted by Crippen LogP contribution is -2.32. The SMILES string of the molecule is COCc1cccc(C(=O)N2CC[C@H](O)[C@@H](n3ccnc3)CC2)c1. The molecule has 1 aromatic heterocycles. The van der Waals surface area contributed by atoms with Gasteiger partial charge in [-0.15, -0.1) is 0 Å². The highest BCUT2D eigenvalue weighted by Gasteiger charge is 2.28. The zero-order valence-electron chi connectivity index (χ0n) is 13.8. The van der Waals surface area contributed by atoms with Crippen molar-refractivity contribution in [2.24, 2.45) is 0 Å². The van der Waals surface area contributed by atoms with Gasteiger partial charge in [0.25, 0.3) is 5.91 Å². The molecule has 0 aliphatic carbocycles. The van der Waals surface area contributed by atoms with Crippen LogP contribution in [0.4, 0.5) is 0 Å². The summed E-state index contributed by atoms with van der Waals surface area (Å²) in [5.41, 5.74) is 1.65. The van der Waals surface area contributed by atoms with Gasteiger partial charge in [0.15, 0.2) is 0 Å². The number of hydrogen-bond donors (Lipinski definition) is 1. The highest BCUT2D eigenvalue weighted by molar-refractivity contribution is 5.94. The number of aliphatic hydroxyl groups is 1. The molecule has 1 aliphatic rings. The molecule has 1 fully saturated rings. The number of hydrogen-bond acceptors (Lipinski definition) is 4. The summed E-state index contributed by atoms with van der Waals surface area (Å²) in [4.78, 5) is 18.7. The maximum absolute atomic E-state index is 12.8. The van der Waals surface area contributed by atoms with Crippen LogP contribution in [-0.4, -0.2) is 51.8 Å². The monoisotopic (exact) mass is 329 g/mol. The maximum Gasteiger partial charge on any atom is 0.253 e. The first kappa shape index (κ1) is 16.7. The van der Waals surface area contributed by atoms with Crippen LogP contribution in [0.1, 0.15) is 34.8 Å². The summed E-state index contributed by atoms with van der Waals surface area (Å²) in [6.07, 6.45) is 6.09. The predicted molar refractivity (Wildman–Crippen MR) is 89.6 cm³/mol. The number of aliphatic hydroxyl groups excluding tert-OH is 1. The largest absolute Gasteiger partial charge is 0.391 e. The molecule has 0 spiro atoms. The number of nitrogens with zero attached hydrogens (tertiary/aromatic N) is 3. The van der Waals surface area contributed by atoms with Crippen LogP contribution in [0.15, 0.2) is 43.0 Å². The third-order valence-corrected chi connectivity index (χ3v) is 4.51. The molecule has 1 aliphatic heterocycles. The zero-order valence-corrected chi connectivity index (χ0v) is 13.8. The lowest BCUT2D eigenvalue weighted by molar-refractivity contribution is 0.0751. The van der Waals surface area contributed by atoms with E-state index < -0.39 is 6.10 Å². The van der Waals surface area contributed by atoms with E-state index in [1.165, 1.54) is 0 Å². The molecular formula is C18H23N3O3. The van der Waals surface area contributed by atoms with Crippen molar-refractivity contribution in [2.75, 3.05) is 20.2 Å². The second-order valence-electron chi connectivity index (χ2n) is 6.15.